The molecule has 0 atom stereocenters. The van der Waals surface area contributed by atoms with E-state index >= 15 is 0 Å². The Morgan fingerprint density at radius 2 is 2.00 bits per heavy atom. The average Bonchev–Trinajstić information content (AvgIpc) is 2.73. The predicted molar refractivity (Wildman–Crippen MR) is 82.2 cm³/mol. The van der Waals surface area contributed by atoms with Crippen molar-refractivity contribution in [1.82, 2.24) is 5.32 Å². The lowest BCUT2D eigenvalue weighted by Crippen LogP contribution is -2.43. The van der Waals surface area contributed by atoms with E-state index in [4.69, 9.17) is 0 Å². The van der Waals surface area contributed by atoms with Gasteiger partial charge in [-0.05, 0) is 56.0 Å². The third kappa shape index (κ3) is 2.06. The molecule has 2 aliphatic heterocycles. The van der Waals surface area contributed by atoms with E-state index in [1.54, 1.807) is 5.56 Å². The van der Waals surface area contributed by atoms with Crippen molar-refractivity contribution < 1.29 is 0 Å². The van der Waals surface area contributed by atoms with Gasteiger partial charge in [0.15, 0.2) is 0 Å². The second-order valence-electron chi connectivity index (χ2n) is 6.48. The largest absolute Gasteiger partial charge is 0.371 e. The molecule has 0 aliphatic carbocycles. The zero-order chi connectivity index (χ0) is 13.5. The number of anilines is 1. The van der Waals surface area contributed by atoms with E-state index in [9.17, 15) is 0 Å². The van der Waals surface area contributed by atoms with E-state index in [1.165, 1.54) is 43.7 Å². The molecule has 1 spiro atoms. The first-order valence-electron chi connectivity index (χ1n) is 7.76. The Bertz CT molecular complexity index is 458. The molecular formula is C17H26N2. The van der Waals surface area contributed by atoms with Crippen LogP contribution >= 0.6 is 0 Å². The van der Waals surface area contributed by atoms with Crippen LogP contribution in [0, 0.1) is 0 Å². The zero-order valence-electron chi connectivity index (χ0n) is 12.5. The molecule has 2 nitrogen and oxygen atoms in total. The quantitative estimate of drug-likeness (QED) is 0.876. The fourth-order valence-corrected chi connectivity index (χ4v) is 3.76. The fourth-order valence-electron chi connectivity index (χ4n) is 3.76. The first kappa shape index (κ1) is 13.0. The minimum Gasteiger partial charge on any atom is -0.371 e. The van der Waals surface area contributed by atoms with Crippen LogP contribution < -0.4 is 10.2 Å². The molecule has 0 bridgehead atoms. The van der Waals surface area contributed by atoms with E-state index < -0.39 is 0 Å². The molecule has 0 radical (unpaired) electrons. The van der Waals surface area contributed by atoms with Crippen LogP contribution in [0.15, 0.2) is 18.2 Å². The van der Waals surface area contributed by atoms with Crippen LogP contribution in [0.1, 0.15) is 50.7 Å². The maximum absolute atomic E-state index is 3.52. The van der Waals surface area contributed by atoms with Gasteiger partial charge in [-0.2, -0.15) is 0 Å². The number of rotatable bonds is 2. The summed E-state index contributed by atoms with van der Waals surface area (Å²) in [6.07, 6.45) is 2.58. The lowest BCUT2D eigenvalue weighted by atomic mass is 9.74. The number of hydrogen-bond donors (Lipinski definition) is 1. The molecule has 2 heteroatoms. The Labute approximate surface area is 117 Å². The van der Waals surface area contributed by atoms with Crippen LogP contribution in [0.3, 0.4) is 0 Å². The Morgan fingerprint density at radius 1 is 1.26 bits per heavy atom. The molecular weight excluding hydrogens is 232 g/mol. The second kappa shape index (κ2) is 4.82. The van der Waals surface area contributed by atoms with Crippen molar-refractivity contribution in [3.05, 3.63) is 29.3 Å². The second-order valence-corrected chi connectivity index (χ2v) is 6.48. The van der Waals surface area contributed by atoms with E-state index in [-0.39, 0.29) is 0 Å². The molecule has 0 saturated carbocycles. The summed E-state index contributed by atoms with van der Waals surface area (Å²) in [5.41, 5.74) is 5.03. The summed E-state index contributed by atoms with van der Waals surface area (Å²) in [4.78, 5) is 2.57. The van der Waals surface area contributed by atoms with Crippen LogP contribution in [0.5, 0.6) is 0 Å². The number of nitrogens with zero attached hydrogens (tertiary/aromatic N) is 1. The van der Waals surface area contributed by atoms with Gasteiger partial charge in [-0.3, -0.25) is 0 Å². The lowest BCUT2D eigenvalue weighted by Gasteiger charge is -2.35. The van der Waals surface area contributed by atoms with Crippen LogP contribution in [0.25, 0.3) is 0 Å². The first-order valence-corrected chi connectivity index (χ1v) is 7.76. The van der Waals surface area contributed by atoms with Gasteiger partial charge in [-0.15, -0.1) is 0 Å². The van der Waals surface area contributed by atoms with Crippen molar-refractivity contribution in [3.63, 3.8) is 0 Å². The van der Waals surface area contributed by atoms with Gasteiger partial charge >= 0.3 is 0 Å². The summed E-state index contributed by atoms with van der Waals surface area (Å²) in [7, 11) is 0. The van der Waals surface area contributed by atoms with Crippen molar-refractivity contribution in [2.45, 2.75) is 44.9 Å². The molecule has 1 saturated heterocycles. The van der Waals surface area contributed by atoms with Gasteiger partial charge in [0.2, 0.25) is 0 Å². The monoisotopic (exact) mass is 258 g/mol. The summed E-state index contributed by atoms with van der Waals surface area (Å²) in [6.45, 7) is 11.6. The van der Waals surface area contributed by atoms with Crippen LogP contribution in [-0.4, -0.2) is 26.2 Å². The average molecular weight is 258 g/mol. The van der Waals surface area contributed by atoms with Crippen LogP contribution in [0.2, 0.25) is 0 Å². The molecule has 1 fully saturated rings. The SMILES string of the molecule is CCN1CC2(CCNCC2)c2cc(C(C)C)ccc21. The van der Waals surface area contributed by atoms with Gasteiger partial charge < -0.3 is 10.2 Å². The molecule has 3 rings (SSSR count). The van der Waals surface area contributed by atoms with E-state index in [1.807, 2.05) is 0 Å². The number of benzene rings is 1. The molecule has 104 valence electrons. The van der Waals surface area contributed by atoms with Crippen molar-refractivity contribution in [3.8, 4) is 0 Å². The van der Waals surface area contributed by atoms with E-state index in [0.717, 1.165) is 6.54 Å². The minimum atomic E-state index is 0.418. The number of hydrogen-bond acceptors (Lipinski definition) is 2. The minimum absolute atomic E-state index is 0.418. The van der Waals surface area contributed by atoms with Gasteiger partial charge in [0.05, 0.1) is 0 Å². The van der Waals surface area contributed by atoms with E-state index in [2.05, 4.69) is 49.2 Å². The highest BCUT2D eigenvalue weighted by Gasteiger charge is 2.42. The number of fused-ring (bicyclic) bond motifs is 2. The number of nitrogens with one attached hydrogen (secondary N) is 1. The Morgan fingerprint density at radius 3 is 2.63 bits per heavy atom. The Kier molecular flexibility index (Phi) is 3.30. The molecule has 0 aromatic heterocycles. The highest BCUT2D eigenvalue weighted by Crippen LogP contribution is 2.46. The predicted octanol–water partition coefficient (Wildman–Crippen LogP) is 3.27. The van der Waals surface area contributed by atoms with Crippen molar-refractivity contribution in [2.75, 3.05) is 31.1 Å². The standard InChI is InChI=1S/C17H26N2/c1-4-19-12-17(7-9-18-10-8-17)15-11-14(13(2)3)5-6-16(15)19/h5-6,11,13,18H,4,7-10,12H2,1-3H3. The van der Waals surface area contributed by atoms with Gasteiger partial charge in [0.25, 0.3) is 0 Å². The molecule has 2 aliphatic rings. The third-order valence-electron chi connectivity index (χ3n) is 5.04. The highest BCUT2D eigenvalue weighted by atomic mass is 15.2. The normalized spacial score (nSPS) is 21.2. The van der Waals surface area contributed by atoms with Gasteiger partial charge in [-0.25, -0.2) is 0 Å². The first-order chi connectivity index (χ1) is 9.16. The van der Waals surface area contributed by atoms with Crippen molar-refractivity contribution in [1.29, 1.82) is 0 Å². The summed E-state index contributed by atoms with van der Waals surface area (Å²) < 4.78 is 0. The number of piperidine rings is 1. The summed E-state index contributed by atoms with van der Waals surface area (Å²) in [5, 5.41) is 3.52. The molecule has 0 amide bonds. The van der Waals surface area contributed by atoms with Crippen LogP contribution in [0.4, 0.5) is 5.69 Å². The molecule has 1 aromatic rings. The van der Waals surface area contributed by atoms with Crippen molar-refractivity contribution >= 4 is 5.69 Å². The molecule has 1 N–H and O–H groups in total. The van der Waals surface area contributed by atoms with Gasteiger partial charge in [-0.1, -0.05) is 26.0 Å². The highest BCUT2D eigenvalue weighted by molar-refractivity contribution is 5.64. The molecule has 0 unspecified atom stereocenters. The van der Waals surface area contributed by atoms with Crippen molar-refractivity contribution in [2.24, 2.45) is 0 Å². The van der Waals surface area contributed by atoms with Crippen LogP contribution in [-0.2, 0) is 5.41 Å². The number of likely N-dealkylation sites (N-methyl/N-ethyl adjacent to an activating group) is 1. The fraction of sp³-hybridized carbons (Fsp3) is 0.647. The molecule has 19 heavy (non-hydrogen) atoms. The topological polar surface area (TPSA) is 15.3 Å². The maximum Gasteiger partial charge on any atom is 0.0405 e. The Balaban J connectivity index is 2.06. The summed E-state index contributed by atoms with van der Waals surface area (Å²) in [6, 6.07) is 7.19. The smallest absolute Gasteiger partial charge is 0.0405 e. The zero-order valence-corrected chi connectivity index (χ0v) is 12.5. The maximum atomic E-state index is 3.52. The summed E-state index contributed by atoms with van der Waals surface area (Å²) >= 11 is 0. The van der Waals surface area contributed by atoms with Gasteiger partial charge in [0, 0.05) is 24.2 Å². The van der Waals surface area contributed by atoms with E-state index in [0.29, 0.717) is 11.3 Å². The third-order valence-corrected chi connectivity index (χ3v) is 5.04. The molecule has 1 aromatic carbocycles. The van der Waals surface area contributed by atoms with Gasteiger partial charge in [0.1, 0.15) is 0 Å². The lowest BCUT2D eigenvalue weighted by molar-refractivity contribution is 0.326. The Hall–Kier alpha value is -1.02. The molecule has 2 heterocycles. The summed E-state index contributed by atoms with van der Waals surface area (Å²) in [5.74, 6) is 0.625.